The molecular weight excluding hydrogens is 353 g/mol. The van der Waals surface area contributed by atoms with Crippen LogP contribution in [0.1, 0.15) is 29.3 Å². The van der Waals surface area contributed by atoms with Gasteiger partial charge in [-0.3, -0.25) is 0 Å². The fourth-order valence-corrected chi connectivity index (χ4v) is 3.79. The van der Waals surface area contributed by atoms with E-state index in [1.165, 1.54) is 23.5 Å². The Kier molecular flexibility index (Phi) is 6.24. The fraction of sp³-hybridized carbons (Fsp3) is 0.389. The van der Waals surface area contributed by atoms with Crippen molar-refractivity contribution in [3.63, 3.8) is 0 Å². The zero-order chi connectivity index (χ0) is 18.6. The second-order valence-electron chi connectivity index (χ2n) is 5.43. The first-order valence-electron chi connectivity index (χ1n) is 7.75. The van der Waals surface area contributed by atoms with Crippen LogP contribution in [0.4, 0.5) is 13.2 Å². The van der Waals surface area contributed by atoms with Crippen LogP contribution in [0, 0.1) is 6.92 Å². The van der Waals surface area contributed by atoms with Crippen molar-refractivity contribution in [1.29, 1.82) is 0 Å². The molecule has 0 radical (unpaired) electrons. The highest BCUT2D eigenvalue weighted by Crippen LogP contribution is 2.39. The van der Waals surface area contributed by atoms with Crippen LogP contribution < -0.4 is 0 Å². The topological polar surface area (TPSA) is 35.5 Å². The molecule has 0 saturated carbocycles. The smallest absolute Gasteiger partial charge is 0.416 e. The van der Waals surface area contributed by atoms with E-state index in [0.717, 1.165) is 28.0 Å². The molecule has 0 saturated heterocycles. The first-order valence-corrected chi connectivity index (χ1v) is 8.56. The molecule has 0 unspecified atom stereocenters. The van der Waals surface area contributed by atoms with Gasteiger partial charge in [-0.1, -0.05) is 6.07 Å². The SMILES string of the molecule is CCOC(=O)C=C(CCOC)c1sc2cc(C(F)(F)F)ccc2c1C. The van der Waals surface area contributed by atoms with Crippen molar-refractivity contribution in [1.82, 2.24) is 0 Å². The van der Waals surface area contributed by atoms with Gasteiger partial charge in [-0.25, -0.2) is 4.79 Å². The number of esters is 1. The molecule has 0 atom stereocenters. The molecule has 3 nitrogen and oxygen atoms in total. The number of thiophene rings is 1. The summed E-state index contributed by atoms with van der Waals surface area (Å²) >= 11 is 1.24. The lowest BCUT2D eigenvalue weighted by Crippen LogP contribution is -2.03. The van der Waals surface area contributed by atoms with E-state index in [1.54, 1.807) is 14.0 Å². The molecule has 2 rings (SSSR count). The molecule has 0 spiro atoms. The van der Waals surface area contributed by atoms with Crippen LogP contribution >= 0.6 is 11.3 Å². The van der Waals surface area contributed by atoms with Crippen molar-refractivity contribution in [3.05, 3.63) is 40.3 Å². The number of alkyl halides is 3. The molecule has 0 aliphatic carbocycles. The molecule has 0 bridgehead atoms. The maximum atomic E-state index is 12.9. The standard InChI is InChI=1S/C18H19F3O3S/c1-4-24-16(22)9-12(7-8-23-3)17-11(2)14-6-5-13(18(19,20)21)10-15(14)25-17/h5-6,9-10H,4,7-8H2,1-3H3. The third-order valence-corrected chi connectivity index (χ3v) is 5.04. The third kappa shape index (κ3) is 4.61. The van der Waals surface area contributed by atoms with Crippen molar-refractivity contribution in [2.45, 2.75) is 26.4 Å². The lowest BCUT2D eigenvalue weighted by atomic mass is 10.0. The number of methoxy groups -OCH3 is 1. The van der Waals surface area contributed by atoms with Crippen LogP contribution in [0.15, 0.2) is 24.3 Å². The number of hydrogen-bond acceptors (Lipinski definition) is 4. The van der Waals surface area contributed by atoms with E-state index in [9.17, 15) is 18.0 Å². The van der Waals surface area contributed by atoms with Crippen molar-refractivity contribution < 1.29 is 27.4 Å². The van der Waals surface area contributed by atoms with E-state index >= 15 is 0 Å². The number of rotatable bonds is 6. The molecule has 136 valence electrons. The Hall–Kier alpha value is -1.86. The highest BCUT2D eigenvalue weighted by molar-refractivity contribution is 7.20. The minimum atomic E-state index is -4.38. The van der Waals surface area contributed by atoms with Crippen molar-refractivity contribution in [2.75, 3.05) is 20.3 Å². The molecular formula is C18H19F3O3S. The van der Waals surface area contributed by atoms with E-state index in [4.69, 9.17) is 9.47 Å². The average Bonchev–Trinajstić information content (AvgIpc) is 2.87. The Balaban J connectivity index is 2.51. The monoisotopic (exact) mass is 372 g/mol. The van der Waals surface area contributed by atoms with Gasteiger partial charge in [0.25, 0.3) is 0 Å². The summed E-state index contributed by atoms with van der Waals surface area (Å²) in [4.78, 5) is 12.6. The number of benzene rings is 1. The van der Waals surface area contributed by atoms with Gasteiger partial charge in [0.05, 0.1) is 18.8 Å². The zero-order valence-corrected chi connectivity index (χ0v) is 15.0. The minimum Gasteiger partial charge on any atom is -0.463 e. The maximum absolute atomic E-state index is 12.9. The Labute approximate surface area is 148 Å². The predicted octanol–water partition coefficient (Wildman–Crippen LogP) is 5.21. The number of hydrogen-bond donors (Lipinski definition) is 0. The number of carbonyl (C=O) groups is 1. The van der Waals surface area contributed by atoms with Gasteiger partial charge in [0.2, 0.25) is 0 Å². The normalized spacial score (nSPS) is 12.6. The number of aryl methyl sites for hydroxylation is 1. The summed E-state index contributed by atoms with van der Waals surface area (Å²) in [5.41, 5.74) is 0.869. The minimum absolute atomic E-state index is 0.257. The van der Waals surface area contributed by atoms with Crippen LogP contribution in [0.2, 0.25) is 0 Å². The zero-order valence-electron chi connectivity index (χ0n) is 14.2. The first-order chi connectivity index (χ1) is 11.8. The van der Waals surface area contributed by atoms with Crippen molar-refractivity contribution in [2.24, 2.45) is 0 Å². The van der Waals surface area contributed by atoms with Crippen molar-refractivity contribution >= 4 is 33.0 Å². The van der Waals surface area contributed by atoms with E-state index in [-0.39, 0.29) is 6.61 Å². The van der Waals surface area contributed by atoms with Gasteiger partial charge in [0.15, 0.2) is 0 Å². The highest BCUT2D eigenvalue weighted by atomic mass is 32.1. The molecule has 2 aromatic rings. The Morgan fingerprint density at radius 3 is 2.64 bits per heavy atom. The van der Waals surface area contributed by atoms with Crippen LogP contribution in [-0.4, -0.2) is 26.3 Å². The number of carbonyl (C=O) groups excluding carboxylic acids is 1. The molecule has 0 fully saturated rings. The summed E-state index contributed by atoms with van der Waals surface area (Å²) in [6, 6.07) is 3.70. The third-order valence-electron chi connectivity index (χ3n) is 3.71. The first kappa shape index (κ1) is 19.5. The van der Waals surface area contributed by atoms with Gasteiger partial charge in [0, 0.05) is 22.8 Å². The number of fused-ring (bicyclic) bond motifs is 1. The summed E-state index contributed by atoms with van der Waals surface area (Å²) in [6.45, 7) is 4.21. The maximum Gasteiger partial charge on any atom is 0.416 e. The summed E-state index contributed by atoms with van der Waals surface area (Å²) in [5.74, 6) is -0.471. The molecule has 1 aromatic carbocycles. The number of halogens is 3. The second-order valence-corrected chi connectivity index (χ2v) is 6.48. The van der Waals surface area contributed by atoms with Crippen molar-refractivity contribution in [3.8, 4) is 0 Å². The highest BCUT2D eigenvalue weighted by Gasteiger charge is 2.31. The number of ether oxygens (including phenoxy) is 2. The van der Waals surface area contributed by atoms with Crippen LogP contribution in [0.3, 0.4) is 0 Å². The molecule has 0 amide bonds. The average molecular weight is 372 g/mol. The van der Waals surface area contributed by atoms with Gasteiger partial charge in [-0.2, -0.15) is 13.2 Å². The summed E-state index contributed by atoms with van der Waals surface area (Å²) in [5, 5.41) is 0.750. The van der Waals surface area contributed by atoms with Gasteiger partial charge in [0.1, 0.15) is 0 Å². The largest absolute Gasteiger partial charge is 0.463 e. The van der Waals surface area contributed by atoms with Gasteiger partial charge < -0.3 is 9.47 Å². The fourth-order valence-electron chi connectivity index (χ4n) is 2.50. The van der Waals surface area contributed by atoms with Crippen LogP contribution in [-0.2, 0) is 20.4 Å². The Morgan fingerprint density at radius 2 is 2.04 bits per heavy atom. The van der Waals surface area contributed by atoms with E-state index in [1.807, 2.05) is 6.92 Å². The summed E-state index contributed by atoms with van der Waals surface area (Å²) < 4.78 is 49.3. The van der Waals surface area contributed by atoms with E-state index < -0.39 is 17.7 Å². The Bertz CT molecular complexity index is 791. The molecule has 1 aromatic heterocycles. The molecule has 7 heteroatoms. The van der Waals surface area contributed by atoms with Gasteiger partial charge >= 0.3 is 12.1 Å². The second kappa shape index (κ2) is 8.01. The molecule has 0 aliphatic rings. The lowest BCUT2D eigenvalue weighted by Gasteiger charge is -2.07. The van der Waals surface area contributed by atoms with Crippen LogP contribution in [0.5, 0.6) is 0 Å². The quantitative estimate of drug-likeness (QED) is 0.516. The summed E-state index contributed by atoms with van der Waals surface area (Å²) in [7, 11) is 1.55. The van der Waals surface area contributed by atoms with Gasteiger partial charge in [-0.15, -0.1) is 11.3 Å². The van der Waals surface area contributed by atoms with Gasteiger partial charge in [-0.05, 0) is 48.9 Å². The Morgan fingerprint density at radius 1 is 1.32 bits per heavy atom. The predicted molar refractivity (Wildman–Crippen MR) is 92.7 cm³/mol. The van der Waals surface area contributed by atoms with Crippen LogP contribution in [0.25, 0.3) is 15.7 Å². The lowest BCUT2D eigenvalue weighted by molar-refractivity contribution is -0.138. The molecule has 1 heterocycles. The van der Waals surface area contributed by atoms with E-state index in [0.29, 0.717) is 23.3 Å². The molecule has 0 aliphatic heterocycles. The molecule has 0 N–H and O–H groups in total. The summed E-state index contributed by atoms with van der Waals surface area (Å²) in [6.07, 6.45) is -2.52. The molecule has 25 heavy (non-hydrogen) atoms. The van der Waals surface area contributed by atoms with E-state index in [2.05, 4.69) is 0 Å².